The second-order valence-corrected chi connectivity index (χ2v) is 8.26. The molecule has 0 aliphatic carbocycles. The van der Waals surface area contributed by atoms with E-state index in [1.54, 1.807) is 6.07 Å². The van der Waals surface area contributed by atoms with E-state index in [9.17, 15) is 18.5 Å². The first-order valence-corrected chi connectivity index (χ1v) is 10.3. The summed E-state index contributed by atoms with van der Waals surface area (Å²) in [6.07, 6.45) is 0. The monoisotopic (exact) mass is 396 g/mol. The molecule has 6 nitrogen and oxygen atoms in total. The highest BCUT2D eigenvalue weighted by Gasteiger charge is 2.23. The van der Waals surface area contributed by atoms with E-state index in [2.05, 4.69) is 4.72 Å². The van der Waals surface area contributed by atoms with Gasteiger partial charge in [0.25, 0.3) is 5.69 Å². The van der Waals surface area contributed by atoms with Crippen LogP contribution < -0.4 is 4.72 Å². The van der Waals surface area contributed by atoms with Crippen LogP contribution in [0.1, 0.15) is 28.3 Å². The minimum Gasteiger partial charge on any atom is -0.258 e. The summed E-state index contributed by atoms with van der Waals surface area (Å²) < 4.78 is 28.5. The molecule has 0 fully saturated rings. The van der Waals surface area contributed by atoms with Crippen LogP contribution in [-0.4, -0.2) is 13.3 Å². The zero-order valence-electron chi connectivity index (χ0n) is 15.3. The number of non-ortho nitro benzene ring substituents is 1. The molecule has 0 radical (unpaired) electrons. The van der Waals surface area contributed by atoms with Gasteiger partial charge in [-0.05, 0) is 29.2 Å². The van der Waals surface area contributed by atoms with E-state index in [1.807, 2.05) is 61.5 Å². The van der Waals surface area contributed by atoms with Crippen LogP contribution in [0, 0.1) is 17.0 Å². The van der Waals surface area contributed by atoms with E-state index in [1.165, 1.54) is 18.2 Å². The zero-order valence-corrected chi connectivity index (χ0v) is 16.1. The Hall–Kier alpha value is -3.03. The first kappa shape index (κ1) is 19.7. The van der Waals surface area contributed by atoms with Crippen molar-refractivity contribution in [3.8, 4) is 0 Å². The number of nitrogens with one attached hydrogen (secondary N) is 1. The zero-order chi connectivity index (χ0) is 20.1. The highest BCUT2D eigenvalue weighted by molar-refractivity contribution is 7.88. The average Bonchev–Trinajstić information content (AvgIpc) is 2.67. The summed E-state index contributed by atoms with van der Waals surface area (Å²) in [4.78, 5) is 10.4. The van der Waals surface area contributed by atoms with E-state index in [0.717, 1.165) is 16.7 Å². The van der Waals surface area contributed by atoms with Crippen LogP contribution in [0.2, 0.25) is 0 Å². The molecule has 0 saturated carbocycles. The number of rotatable bonds is 7. The molecule has 0 heterocycles. The Morgan fingerprint density at radius 1 is 0.964 bits per heavy atom. The van der Waals surface area contributed by atoms with Crippen LogP contribution >= 0.6 is 0 Å². The Labute approximate surface area is 164 Å². The number of benzene rings is 3. The van der Waals surface area contributed by atoms with E-state index in [4.69, 9.17) is 0 Å². The van der Waals surface area contributed by atoms with Crippen molar-refractivity contribution >= 4 is 15.7 Å². The number of hydrogen-bond donors (Lipinski definition) is 1. The van der Waals surface area contributed by atoms with Crippen LogP contribution in [-0.2, 0) is 15.8 Å². The Bertz CT molecular complexity index is 1080. The van der Waals surface area contributed by atoms with Gasteiger partial charge in [0.15, 0.2) is 0 Å². The summed E-state index contributed by atoms with van der Waals surface area (Å²) in [6.45, 7) is 1.93. The summed E-state index contributed by atoms with van der Waals surface area (Å²) in [6, 6.07) is 22.0. The Kier molecular flexibility index (Phi) is 5.87. The molecular weight excluding hydrogens is 376 g/mol. The van der Waals surface area contributed by atoms with Crippen molar-refractivity contribution in [3.63, 3.8) is 0 Å². The Morgan fingerprint density at radius 2 is 1.64 bits per heavy atom. The second kappa shape index (κ2) is 8.33. The Balaban J connectivity index is 1.93. The third kappa shape index (κ3) is 4.82. The molecule has 0 saturated heterocycles. The van der Waals surface area contributed by atoms with Gasteiger partial charge in [0.1, 0.15) is 0 Å². The third-order valence-electron chi connectivity index (χ3n) is 4.41. The second-order valence-electron chi connectivity index (χ2n) is 6.50. The molecule has 1 atom stereocenters. The summed E-state index contributed by atoms with van der Waals surface area (Å²) in [5, 5.41) is 10.9. The lowest BCUT2D eigenvalue weighted by Gasteiger charge is -2.21. The molecule has 0 aromatic heterocycles. The number of nitro groups is 1. The van der Waals surface area contributed by atoms with Crippen molar-refractivity contribution in [2.24, 2.45) is 0 Å². The highest BCUT2D eigenvalue weighted by Crippen LogP contribution is 2.26. The van der Waals surface area contributed by atoms with Crippen molar-refractivity contribution in [1.29, 1.82) is 0 Å². The Morgan fingerprint density at radius 3 is 2.32 bits per heavy atom. The summed E-state index contributed by atoms with van der Waals surface area (Å²) in [5.74, 6) is -0.343. The van der Waals surface area contributed by atoms with Gasteiger partial charge in [0, 0.05) is 12.1 Å². The van der Waals surface area contributed by atoms with Crippen LogP contribution in [0.3, 0.4) is 0 Å². The predicted octanol–water partition coefficient (Wildman–Crippen LogP) is 4.11. The smallest absolute Gasteiger partial charge is 0.258 e. The minimum atomic E-state index is -3.76. The first-order valence-electron chi connectivity index (χ1n) is 8.69. The van der Waals surface area contributed by atoms with Gasteiger partial charge in [-0.3, -0.25) is 10.1 Å². The topological polar surface area (TPSA) is 89.3 Å². The maximum Gasteiger partial charge on any atom is 0.269 e. The number of aryl methyl sites for hydroxylation is 1. The average molecular weight is 396 g/mol. The van der Waals surface area contributed by atoms with Crippen LogP contribution in [0.15, 0.2) is 78.9 Å². The van der Waals surface area contributed by atoms with Crippen LogP contribution in [0.25, 0.3) is 0 Å². The molecule has 0 aliphatic rings. The number of hydrogen-bond acceptors (Lipinski definition) is 4. The van der Waals surface area contributed by atoms with Crippen LogP contribution in [0.4, 0.5) is 5.69 Å². The van der Waals surface area contributed by atoms with Gasteiger partial charge >= 0.3 is 0 Å². The van der Waals surface area contributed by atoms with Gasteiger partial charge in [0.05, 0.1) is 16.7 Å². The maximum atomic E-state index is 12.9. The first-order chi connectivity index (χ1) is 13.4. The number of nitrogens with zero attached hydrogens (tertiary/aromatic N) is 1. The van der Waals surface area contributed by atoms with Crippen molar-refractivity contribution in [2.45, 2.75) is 18.7 Å². The molecule has 144 valence electrons. The van der Waals surface area contributed by atoms with Crippen molar-refractivity contribution in [2.75, 3.05) is 0 Å². The molecule has 3 aromatic rings. The normalized spacial score (nSPS) is 12.5. The lowest BCUT2D eigenvalue weighted by molar-refractivity contribution is -0.384. The van der Waals surface area contributed by atoms with Crippen molar-refractivity contribution in [3.05, 3.63) is 111 Å². The largest absolute Gasteiger partial charge is 0.269 e. The number of sulfonamides is 1. The molecule has 3 rings (SSSR count). The predicted molar refractivity (Wildman–Crippen MR) is 108 cm³/mol. The van der Waals surface area contributed by atoms with Gasteiger partial charge in [-0.25, -0.2) is 13.1 Å². The summed E-state index contributed by atoms with van der Waals surface area (Å²) in [7, 11) is -3.76. The fraction of sp³-hybridized carbons (Fsp3) is 0.143. The lowest BCUT2D eigenvalue weighted by atomic mass is 9.96. The molecule has 1 N–H and O–H groups in total. The molecule has 0 spiro atoms. The third-order valence-corrected chi connectivity index (χ3v) is 5.72. The quantitative estimate of drug-likeness (QED) is 0.481. The highest BCUT2D eigenvalue weighted by atomic mass is 32.2. The fourth-order valence-electron chi connectivity index (χ4n) is 3.07. The van der Waals surface area contributed by atoms with E-state index < -0.39 is 21.0 Å². The molecule has 0 aliphatic heterocycles. The summed E-state index contributed by atoms with van der Waals surface area (Å²) >= 11 is 0. The van der Waals surface area contributed by atoms with Gasteiger partial charge in [-0.1, -0.05) is 66.7 Å². The van der Waals surface area contributed by atoms with E-state index in [0.29, 0.717) is 5.56 Å². The standard InChI is InChI=1S/C21H20N2O4S/c1-16-8-5-6-13-20(16)21(18-10-3-2-4-11-18)22-28(26,27)15-17-9-7-12-19(14-17)23(24)25/h2-14,21-22H,15H2,1H3/t21-/m1/s1. The minimum absolute atomic E-state index is 0.133. The van der Waals surface area contributed by atoms with Crippen molar-refractivity contribution < 1.29 is 13.3 Å². The lowest BCUT2D eigenvalue weighted by Crippen LogP contribution is -2.31. The van der Waals surface area contributed by atoms with E-state index >= 15 is 0 Å². The molecule has 0 bridgehead atoms. The van der Waals surface area contributed by atoms with E-state index in [-0.39, 0.29) is 11.4 Å². The summed E-state index contributed by atoms with van der Waals surface area (Å²) in [5.41, 5.74) is 2.87. The van der Waals surface area contributed by atoms with Gasteiger partial charge < -0.3 is 0 Å². The van der Waals surface area contributed by atoms with Crippen LogP contribution in [0.5, 0.6) is 0 Å². The van der Waals surface area contributed by atoms with Gasteiger partial charge in [-0.2, -0.15) is 0 Å². The molecule has 0 amide bonds. The molecule has 0 unspecified atom stereocenters. The van der Waals surface area contributed by atoms with Gasteiger partial charge in [-0.15, -0.1) is 0 Å². The molecular formula is C21H20N2O4S. The van der Waals surface area contributed by atoms with Crippen molar-refractivity contribution in [1.82, 2.24) is 4.72 Å². The fourth-order valence-corrected chi connectivity index (χ4v) is 4.39. The molecule has 7 heteroatoms. The molecule has 28 heavy (non-hydrogen) atoms. The molecule has 3 aromatic carbocycles. The SMILES string of the molecule is Cc1ccccc1[C@H](NS(=O)(=O)Cc1cccc([N+](=O)[O-])c1)c1ccccc1. The maximum absolute atomic E-state index is 12.9. The van der Waals surface area contributed by atoms with Gasteiger partial charge in [0.2, 0.25) is 10.0 Å². The number of nitro benzene ring substituents is 1.